The van der Waals surface area contributed by atoms with Crippen molar-refractivity contribution in [1.29, 1.82) is 0 Å². The van der Waals surface area contributed by atoms with E-state index in [0.29, 0.717) is 22.6 Å². The standard InChI is InChI=1S/C18H11F9O7S5/c1-10(28)11-2-4-12(5-3-11)35-13-6-8-14(9-7-13)36-18(37(29,30)15(19,20)21,38(31,32)16(22,23)24)39(33,34)17(25,26)27/h2-9H,1H3. The first kappa shape index (κ1) is 33.2. The lowest BCUT2D eigenvalue weighted by atomic mass is 10.2. The number of halogens is 9. The number of carbonyl (C=O) groups excluding carboxylic acids is 1. The molecule has 0 saturated carbocycles. The molecule has 0 atom stereocenters. The molecule has 0 fully saturated rings. The highest BCUT2D eigenvalue weighted by molar-refractivity contribution is 8.42. The van der Waals surface area contributed by atoms with Crippen molar-refractivity contribution in [3.8, 4) is 0 Å². The van der Waals surface area contributed by atoms with Crippen LogP contribution in [0.5, 0.6) is 0 Å². The van der Waals surface area contributed by atoms with Gasteiger partial charge >= 0.3 is 19.3 Å². The van der Waals surface area contributed by atoms with Crippen LogP contribution in [0.4, 0.5) is 39.5 Å². The van der Waals surface area contributed by atoms with Gasteiger partial charge < -0.3 is 0 Å². The van der Waals surface area contributed by atoms with Gasteiger partial charge in [0.05, 0.1) is 0 Å². The summed E-state index contributed by atoms with van der Waals surface area (Å²) in [5.41, 5.74) is -21.3. The number of benzene rings is 2. The first-order valence-electron chi connectivity index (χ1n) is 9.34. The van der Waals surface area contributed by atoms with Crippen molar-refractivity contribution < 1.29 is 69.6 Å². The first-order chi connectivity index (χ1) is 17.3. The Morgan fingerprint density at radius 3 is 1.13 bits per heavy atom. The summed E-state index contributed by atoms with van der Waals surface area (Å²) in [6, 6.07) is 8.16. The molecule has 2 aromatic rings. The molecule has 2 rings (SSSR count). The fourth-order valence-electron chi connectivity index (χ4n) is 2.64. The van der Waals surface area contributed by atoms with Gasteiger partial charge in [-0.3, -0.25) is 4.79 Å². The molecule has 0 aliphatic rings. The van der Waals surface area contributed by atoms with Crippen molar-refractivity contribution in [3.05, 3.63) is 54.1 Å². The van der Waals surface area contributed by atoms with E-state index >= 15 is 0 Å². The lowest BCUT2D eigenvalue weighted by molar-refractivity contribution is -0.0496. The van der Waals surface area contributed by atoms with Crippen LogP contribution >= 0.6 is 23.5 Å². The second-order valence-electron chi connectivity index (χ2n) is 7.10. The highest BCUT2D eigenvalue weighted by atomic mass is 32.4. The molecule has 0 unspecified atom stereocenters. The summed E-state index contributed by atoms with van der Waals surface area (Å²) < 4.78 is 186. The third-order valence-corrected chi connectivity index (χ3v) is 16.7. The Labute approximate surface area is 222 Å². The molecule has 7 nitrogen and oxygen atoms in total. The summed E-state index contributed by atoms with van der Waals surface area (Å²) in [5, 5.41) is 0. The van der Waals surface area contributed by atoms with Crippen molar-refractivity contribution in [2.24, 2.45) is 0 Å². The minimum absolute atomic E-state index is 0.0940. The molecule has 0 amide bonds. The van der Waals surface area contributed by atoms with Crippen LogP contribution in [0.3, 0.4) is 0 Å². The van der Waals surface area contributed by atoms with Crippen LogP contribution in [-0.4, -0.2) is 50.3 Å². The van der Waals surface area contributed by atoms with Crippen molar-refractivity contribution in [2.45, 2.75) is 40.9 Å². The van der Waals surface area contributed by atoms with Gasteiger partial charge in [0, 0.05) is 20.2 Å². The number of thioether (sulfide) groups is 1. The molecule has 0 radical (unpaired) electrons. The lowest BCUT2D eigenvalue weighted by Gasteiger charge is -2.32. The zero-order valence-electron chi connectivity index (χ0n) is 18.4. The number of sulfone groups is 3. The number of rotatable bonds is 8. The molecule has 0 heterocycles. The van der Waals surface area contributed by atoms with Crippen molar-refractivity contribution in [1.82, 2.24) is 0 Å². The van der Waals surface area contributed by atoms with Crippen LogP contribution in [0.1, 0.15) is 17.3 Å². The largest absolute Gasteiger partial charge is 0.500 e. The van der Waals surface area contributed by atoms with Gasteiger partial charge in [-0.05, 0) is 43.3 Å². The van der Waals surface area contributed by atoms with Gasteiger partial charge in [0.1, 0.15) is 0 Å². The van der Waals surface area contributed by atoms with Crippen LogP contribution in [0.25, 0.3) is 0 Å². The second-order valence-corrected chi connectivity index (χ2v) is 17.3. The molecule has 0 aliphatic heterocycles. The molecule has 0 bridgehead atoms. The van der Waals surface area contributed by atoms with Crippen molar-refractivity contribution in [3.63, 3.8) is 0 Å². The maximum atomic E-state index is 13.4. The minimum Gasteiger partial charge on any atom is -0.295 e. The molecular formula is C18H11F9O7S5. The van der Waals surface area contributed by atoms with E-state index in [9.17, 15) is 69.6 Å². The van der Waals surface area contributed by atoms with Gasteiger partial charge in [0.2, 0.25) is 0 Å². The number of alkyl halides is 9. The predicted octanol–water partition coefficient (Wildman–Crippen LogP) is 5.55. The summed E-state index contributed by atoms with van der Waals surface area (Å²) >= 11 is -0.964. The zero-order valence-corrected chi connectivity index (χ0v) is 22.5. The number of hydrogen-bond donors (Lipinski definition) is 0. The van der Waals surface area contributed by atoms with E-state index in [4.69, 9.17) is 0 Å². The maximum Gasteiger partial charge on any atom is 0.500 e. The van der Waals surface area contributed by atoms with Crippen molar-refractivity contribution in [2.75, 3.05) is 0 Å². The van der Waals surface area contributed by atoms with Gasteiger partial charge in [-0.15, -0.1) is 0 Å². The summed E-state index contributed by atoms with van der Waals surface area (Å²) in [5.74, 6) is -0.284. The Hall–Kier alpha value is -1.97. The van der Waals surface area contributed by atoms with Crippen LogP contribution in [0.2, 0.25) is 0 Å². The summed E-state index contributed by atoms with van der Waals surface area (Å²) in [6.07, 6.45) is 0. The Kier molecular flexibility index (Phi) is 8.91. The molecule has 21 heteroatoms. The summed E-state index contributed by atoms with van der Waals surface area (Å²) in [6.45, 7) is 1.27. The van der Waals surface area contributed by atoms with Crippen LogP contribution in [0, 0.1) is 0 Å². The Morgan fingerprint density at radius 2 is 0.846 bits per heavy atom. The van der Waals surface area contributed by atoms with Gasteiger partial charge in [0.25, 0.3) is 29.5 Å². The SMILES string of the molecule is CC(=O)c1ccc(Sc2ccc(SC(S(=O)(=O)C(F)(F)F)(S(=O)(=O)C(F)(F)F)S(=O)(=O)C(F)(F)F)cc2)cc1. The van der Waals surface area contributed by atoms with E-state index in [1.807, 2.05) is 0 Å². The third kappa shape index (κ3) is 5.77. The number of ketones is 1. The quantitative estimate of drug-likeness (QED) is 0.202. The molecule has 39 heavy (non-hydrogen) atoms. The molecule has 0 saturated heterocycles. The van der Waals surface area contributed by atoms with Gasteiger partial charge in [-0.2, -0.15) is 39.5 Å². The normalized spacial score (nSPS) is 14.3. The molecule has 0 aliphatic carbocycles. The average molecular weight is 671 g/mol. The van der Waals surface area contributed by atoms with E-state index < -0.39 is 65.4 Å². The minimum atomic E-state index is -8.34. The van der Waals surface area contributed by atoms with Gasteiger partial charge in [0.15, 0.2) is 5.78 Å². The van der Waals surface area contributed by atoms with E-state index in [1.165, 1.54) is 31.2 Å². The molecule has 0 spiro atoms. The number of carbonyl (C=O) groups is 1. The van der Waals surface area contributed by atoms with E-state index in [1.54, 1.807) is 0 Å². The monoisotopic (exact) mass is 670 g/mol. The van der Waals surface area contributed by atoms with Gasteiger partial charge in [-0.25, -0.2) is 25.3 Å². The maximum absolute atomic E-state index is 13.4. The summed E-state index contributed by atoms with van der Waals surface area (Å²) in [7, 11) is -25.0. The predicted molar refractivity (Wildman–Crippen MR) is 121 cm³/mol. The number of hydrogen-bond acceptors (Lipinski definition) is 9. The van der Waals surface area contributed by atoms with Crippen molar-refractivity contribution >= 4 is 58.8 Å². The summed E-state index contributed by atoms with van der Waals surface area (Å²) in [4.78, 5) is 10.5. The highest BCUT2D eigenvalue weighted by Gasteiger charge is 2.84. The fraction of sp³-hybridized carbons (Fsp3) is 0.278. The average Bonchev–Trinajstić information content (AvgIpc) is 2.76. The first-order valence-corrected chi connectivity index (χ1v) is 15.4. The topological polar surface area (TPSA) is 119 Å². The second kappa shape index (κ2) is 10.5. The van der Waals surface area contributed by atoms with E-state index in [2.05, 4.69) is 0 Å². The van der Waals surface area contributed by atoms with Gasteiger partial charge in [-0.1, -0.05) is 35.7 Å². The highest BCUT2D eigenvalue weighted by Crippen LogP contribution is 2.58. The molecule has 0 aromatic heterocycles. The van der Waals surface area contributed by atoms with Crippen LogP contribution in [0.15, 0.2) is 63.2 Å². The number of Topliss-reactive ketones (excluding diaryl/α,β-unsaturated/α-hetero) is 1. The van der Waals surface area contributed by atoms with Crippen LogP contribution < -0.4 is 0 Å². The smallest absolute Gasteiger partial charge is 0.295 e. The Bertz CT molecular complexity index is 1450. The third-order valence-electron chi connectivity index (χ3n) is 4.46. The van der Waals surface area contributed by atoms with Crippen LogP contribution in [-0.2, 0) is 29.5 Å². The zero-order chi connectivity index (χ0) is 30.5. The molecular weight excluding hydrogens is 660 g/mol. The lowest BCUT2D eigenvalue weighted by Crippen LogP contribution is -2.61. The Balaban J connectivity index is 2.78. The molecule has 2 aromatic carbocycles. The van der Waals surface area contributed by atoms with E-state index in [-0.39, 0.29) is 10.7 Å². The Morgan fingerprint density at radius 1 is 0.564 bits per heavy atom. The fourth-order valence-corrected chi connectivity index (χ4v) is 13.1. The molecule has 0 N–H and O–H groups in total. The van der Waals surface area contributed by atoms with E-state index in [0.717, 1.165) is 23.9 Å². The molecule has 218 valence electrons.